The van der Waals surface area contributed by atoms with Gasteiger partial charge in [-0.2, -0.15) is 16.1 Å². The number of thioether (sulfide) groups is 1. The lowest BCUT2D eigenvalue weighted by atomic mass is 9.99. The van der Waals surface area contributed by atoms with Gasteiger partial charge in [-0.1, -0.05) is 43.3 Å². The van der Waals surface area contributed by atoms with Crippen LogP contribution in [0.2, 0.25) is 0 Å². The number of nitrogens with zero attached hydrogens (tertiary/aromatic N) is 2. The molecule has 0 amide bonds. The van der Waals surface area contributed by atoms with Crippen molar-refractivity contribution in [1.82, 2.24) is 9.21 Å². The molecule has 2 fully saturated rings. The Labute approximate surface area is 173 Å². The van der Waals surface area contributed by atoms with Gasteiger partial charge in [0.2, 0.25) is 10.0 Å². The molecule has 28 heavy (non-hydrogen) atoms. The van der Waals surface area contributed by atoms with E-state index in [0.29, 0.717) is 11.4 Å². The smallest absolute Gasteiger partial charge is 0.243 e. The van der Waals surface area contributed by atoms with Gasteiger partial charge in [0, 0.05) is 29.5 Å². The molecule has 0 aliphatic carbocycles. The molecule has 2 saturated heterocycles. The molecule has 152 valence electrons. The summed E-state index contributed by atoms with van der Waals surface area (Å²) in [5, 5.41) is 1.81. The summed E-state index contributed by atoms with van der Waals surface area (Å²) in [6.07, 6.45) is 3.44. The molecular weight excluding hydrogens is 388 g/mol. The van der Waals surface area contributed by atoms with Crippen LogP contribution in [0.1, 0.15) is 26.2 Å². The Morgan fingerprint density at radius 1 is 1.04 bits per heavy atom. The van der Waals surface area contributed by atoms with Gasteiger partial charge in [0.1, 0.15) is 0 Å². The summed E-state index contributed by atoms with van der Waals surface area (Å²) in [6, 6.07) is 13.5. The fourth-order valence-corrected chi connectivity index (χ4v) is 7.54. The zero-order valence-corrected chi connectivity index (χ0v) is 18.2. The number of sulfonamides is 1. The van der Waals surface area contributed by atoms with Crippen molar-refractivity contribution in [3.05, 3.63) is 42.5 Å². The minimum absolute atomic E-state index is 0.0852. The molecule has 1 unspecified atom stereocenters. The average molecular weight is 419 g/mol. The van der Waals surface area contributed by atoms with Crippen LogP contribution in [0.4, 0.5) is 0 Å². The molecular formula is C22H30N2O2S2. The first-order valence-corrected chi connectivity index (χ1v) is 12.9. The highest BCUT2D eigenvalue weighted by atomic mass is 32.2. The number of hydrogen-bond donors (Lipinski definition) is 0. The Balaban J connectivity index is 1.54. The molecule has 0 saturated carbocycles. The molecule has 0 N–H and O–H groups in total. The summed E-state index contributed by atoms with van der Waals surface area (Å²) in [5.74, 6) is 2.60. The van der Waals surface area contributed by atoms with E-state index in [1.807, 2.05) is 48.2 Å². The van der Waals surface area contributed by atoms with E-state index in [4.69, 9.17) is 0 Å². The normalized spacial score (nSPS) is 23.2. The van der Waals surface area contributed by atoms with Crippen LogP contribution in [0.15, 0.2) is 47.4 Å². The molecule has 6 heteroatoms. The SMILES string of the molecule is CC1CCN(CCC2CSCCN2S(=O)(=O)c2cccc3ccccc23)CC1. The van der Waals surface area contributed by atoms with Crippen molar-refractivity contribution in [2.24, 2.45) is 5.92 Å². The van der Waals surface area contributed by atoms with Crippen molar-refractivity contribution in [2.45, 2.75) is 37.1 Å². The molecule has 2 aromatic rings. The van der Waals surface area contributed by atoms with E-state index in [9.17, 15) is 8.42 Å². The second-order valence-corrected chi connectivity index (χ2v) is 11.1. The standard InChI is InChI=1S/C22H30N2O2S2/c1-18-9-12-23(13-10-18)14-11-20-17-27-16-15-24(20)28(25,26)22-8-4-6-19-5-2-3-7-21(19)22/h2-8,18,20H,9-17H2,1H3. The minimum atomic E-state index is -3.50. The van der Waals surface area contributed by atoms with Gasteiger partial charge in [-0.15, -0.1) is 0 Å². The van der Waals surface area contributed by atoms with Crippen molar-refractivity contribution >= 4 is 32.6 Å². The fourth-order valence-electron chi connectivity index (χ4n) is 4.35. The minimum Gasteiger partial charge on any atom is -0.303 e. The monoisotopic (exact) mass is 418 g/mol. The summed E-state index contributed by atoms with van der Waals surface area (Å²) in [5.41, 5.74) is 0. The van der Waals surface area contributed by atoms with Gasteiger partial charge in [-0.25, -0.2) is 8.42 Å². The molecule has 0 spiro atoms. The summed E-state index contributed by atoms with van der Waals surface area (Å²) < 4.78 is 29.0. The van der Waals surface area contributed by atoms with Gasteiger partial charge in [-0.05, 0) is 56.3 Å². The number of fused-ring (bicyclic) bond motifs is 1. The van der Waals surface area contributed by atoms with Gasteiger partial charge in [0.15, 0.2) is 0 Å². The van der Waals surface area contributed by atoms with Crippen LogP contribution < -0.4 is 0 Å². The van der Waals surface area contributed by atoms with Crippen LogP contribution in [0.3, 0.4) is 0 Å². The lowest BCUT2D eigenvalue weighted by Gasteiger charge is -2.37. The molecule has 0 bridgehead atoms. The first-order chi connectivity index (χ1) is 13.6. The van der Waals surface area contributed by atoms with Gasteiger partial charge in [-0.3, -0.25) is 0 Å². The Hall–Kier alpha value is -1.08. The molecule has 1 atom stereocenters. The first kappa shape index (κ1) is 20.2. The van der Waals surface area contributed by atoms with E-state index >= 15 is 0 Å². The molecule has 2 aliphatic rings. The molecule has 4 nitrogen and oxygen atoms in total. The Bertz CT molecular complexity index is 902. The van der Waals surface area contributed by atoms with Crippen LogP contribution in [0.5, 0.6) is 0 Å². The summed E-state index contributed by atoms with van der Waals surface area (Å²) in [7, 11) is -3.50. The van der Waals surface area contributed by atoms with Crippen molar-refractivity contribution in [1.29, 1.82) is 0 Å². The van der Waals surface area contributed by atoms with Crippen LogP contribution >= 0.6 is 11.8 Å². The maximum absolute atomic E-state index is 13.6. The molecule has 2 aromatic carbocycles. The average Bonchev–Trinajstić information content (AvgIpc) is 2.73. The third-order valence-corrected chi connectivity index (χ3v) is 9.27. The number of likely N-dealkylation sites (tertiary alicyclic amines) is 1. The van der Waals surface area contributed by atoms with Crippen molar-refractivity contribution < 1.29 is 8.42 Å². The summed E-state index contributed by atoms with van der Waals surface area (Å²) >= 11 is 1.88. The predicted molar refractivity (Wildman–Crippen MR) is 118 cm³/mol. The van der Waals surface area contributed by atoms with E-state index in [0.717, 1.165) is 54.3 Å². The fraction of sp³-hybridized carbons (Fsp3) is 0.545. The van der Waals surface area contributed by atoms with Crippen LogP contribution in [0.25, 0.3) is 10.8 Å². The highest BCUT2D eigenvalue weighted by Crippen LogP contribution is 2.31. The molecule has 4 rings (SSSR count). The number of rotatable bonds is 5. The first-order valence-electron chi connectivity index (χ1n) is 10.4. The lowest BCUT2D eigenvalue weighted by molar-refractivity contribution is 0.177. The molecule has 2 heterocycles. The second kappa shape index (κ2) is 8.74. The van der Waals surface area contributed by atoms with E-state index < -0.39 is 10.0 Å². The Morgan fingerprint density at radius 2 is 1.79 bits per heavy atom. The largest absolute Gasteiger partial charge is 0.303 e. The number of benzene rings is 2. The third-order valence-electron chi connectivity index (χ3n) is 6.16. The van der Waals surface area contributed by atoms with E-state index in [2.05, 4.69) is 11.8 Å². The number of hydrogen-bond acceptors (Lipinski definition) is 4. The zero-order chi connectivity index (χ0) is 19.6. The van der Waals surface area contributed by atoms with Crippen molar-refractivity contribution in [3.8, 4) is 0 Å². The topological polar surface area (TPSA) is 40.6 Å². The molecule has 0 aromatic heterocycles. The Kier molecular flexibility index (Phi) is 6.30. The predicted octanol–water partition coefficient (Wildman–Crippen LogP) is 4.07. The van der Waals surface area contributed by atoms with Crippen molar-refractivity contribution in [2.75, 3.05) is 37.7 Å². The van der Waals surface area contributed by atoms with Crippen LogP contribution in [-0.4, -0.2) is 61.3 Å². The Morgan fingerprint density at radius 3 is 2.61 bits per heavy atom. The van der Waals surface area contributed by atoms with Crippen LogP contribution in [-0.2, 0) is 10.0 Å². The van der Waals surface area contributed by atoms with Crippen LogP contribution in [0, 0.1) is 5.92 Å². The van der Waals surface area contributed by atoms with Gasteiger partial charge < -0.3 is 4.90 Å². The maximum atomic E-state index is 13.6. The lowest BCUT2D eigenvalue weighted by Crippen LogP contribution is -2.47. The third kappa shape index (κ3) is 4.25. The van der Waals surface area contributed by atoms with Gasteiger partial charge in [0.05, 0.1) is 4.90 Å². The highest BCUT2D eigenvalue weighted by molar-refractivity contribution is 7.99. The summed E-state index contributed by atoms with van der Waals surface area (Å²) in [6.45, 7) is 6.24. The molecule has 2 aliphatic heterocycles. The van der Waals surface area contributed by atoms with Gasteiger partial charge in [0.25, 0.3) is 0 Å². The number of piperidine rings is 1. The van der Waals surface area contributed by atoms with E-state index in [-0.39, 0.29) is 6.04 Å². The summed E-state index contributed by atoms with van der Waals surface area (Å²) in [4.78, 5) is 2.97. The maximum Gasteiger partial charge on any atom is 0.243 e. The quantitative estimate of drug-likeness (QED) is 0.734. The zero-order valence-electron chi connectivity index (χ0n) is 16.6. The highest BCUT2D eigenvalue weighted by Gasteiger charge is 2.34. The van der Waals surface area contributed by atoms with Crippen molar-refractivity contribution in [3.63, 3.8) is 0 Å². The van der Waals surface area contributed by atoms with E-state index in [1.54, 1.807) is 10.4 Å². The molecule has 0 radical (unpaired) electrons. The van der Waals surface area contributed by atoms with Gasteiger partial charge >= 0.3 is 0 Å². The van der Waals surface area contributed by atoms with E-state index in [1.165, 1.54) is 12.8 Å². The second-order valence-electron chi connectivity index (χ2n) is 8.13.